The lowest BCUT2D eigenvalue weighted by Gasteiger charge is -2.24. The van der Waals surface area contributed by atoms with Gasteiger partial charge in [-0.15, -0.1) is 0 Å². The molecule has 1 aliphatic heterocycles. The van der Waals surface area contributed by atoms with E-state index in [-0.39, 0.29) is 17.9 Å². The molecule has 1 fully saturated rings. The first-order chi connectivity index (χ1) is 13.1. The van der Waals surface area contributed by atoms with Gasteiger partial charge in [-0.1, -0.05) is 17.7 Å². The normalized spacial score (nSPS) is 19.7. The minimum Gasteiger partial charge on any atom is -0.396 e. The fourth-order valence-corrected chi connectivity index (χ4v) is 3.12. The smallest absolute Gasteiger partial charge is 0.251 e. The Morgan fingerprint density at radius 2 is 2.11 bits per heavy atom. The number of aliphatic hydroxyl groups excluding tert-OH is 1. The summed E-state index contributed by atoms with van der Waals surface area (Å²) in [6, 6.07) is 7.54. The van der Waals surface area contributed by atoms with Gasteiger partial charge < -0.3 is 25.8 Å². The average molecular weight is 377 g/mol. The number of carbonyl (C=O) groups excluding carboxylic acids is 1. The summed E-state index contributed by atoms with van der Waals surface area (Å²) in [6.07, 6.45) is 1.62. The maximum atomic E-state index is 12.2. The van der Waals surface area contributed by atoms with Gasteiger partial charge in [0.2, 0.25) is 0 Å². The van der Waals surface area contributed by atoms with E-state index in [1.165, 1.54) is 0 Å². The third-order valence-electron chi connectivity index (χ3n) is 4.73. The molecule has 1 unspecified atom stereocenters. The Hall–Kier alpha value is -2.12. The summed E-state index contributed by atoms with van der Waals surface area (Å²) in [6.45, 7) is 7.94. The summed E-state index contributed by atoms with van der Waals surface area (Å²) < 4.78 is 5.51. The first-order valence-corrected chi connectivity index (χ1v) is 9.64. The standard InChI is InChI=1S/C20H32N4O3/c1-3-21-19(24-14-20(7-11-25)8-12-27-15-20)23-10-9-22-18(26)17-6-4-5-16(2)13-17/h4-6,13,25H,3,7-12,14-15H2,1-2H3,(H,22,26)(H2,21,23,24). The van der Waals surface area contributed by atoms with Crippen LogP contribution in [0.1, 0.15) is 35.7 Å². The molecule has 1 saturated heterocycles. The molecular formula is C20H32N4O3. The number of benzene rings is 1. The minimum atomic E-state index is -0.0764. The van der Waals surface area contributed by atoms with Crippen LogP contribution in [0, 0.1) is 12.3 Å². The van der Waals surface area contributed by atoms with Crippen LogP contribution in [0.25, 0.3) is 0 Å². The van der Waals surface area contributed by atoms with Crippen molar-refractivity contribution in [2.45, 2.75) is 26.7 Å². The maximum Gasteiger partial charge on any atom is 0.251 e. The number of rotatable bonds is 9. The van der Waals surface area contributed by atoms with Crippen LogP contribution >= 0.6 is 0 Å². The summed E-state index contributed by atoms with van der Waals surface area (Å²) in [5.74, 6) is 0.638. The van der Waals surface area contributed by atoms with Gasteiger partial charge in [-0.2, -0.15) is 0 Å². The van der Waals surface area contributed by atoms with Gasteiger partial charge in [-0.3, -0.25) is 9.79 Å². The van der Waals surface area contributed by atoms with E-state index in [0.29, 0.717) is 44.2 Å². The van der Waals surface area contributed by atoms with Crippen molar-refractivity contribution in [2.24, 2.45) is 10.4 Å². The first-order valence-electron chi connectivity index (χ1n) is 9.64. The van der Waals surface area contributed by atoms with Crippen molar-refractivity contribution >= 4 is 11.9 Å². The Balaban J connectivity index is 1.80. The lowest BCUT2D eigenvalue weighted by atomic mass is 9.84. The van der Waals surface area contributed by atoms with E-state index in [2.05, 4.69) is 20.9 Å². The van der Waals surface area contributed by atoms with Crippen molar-refractivity contribution in [1.29, 1.82) is 0 Å². The van der Waals surface area contributed by atoms with Gasteiger partial charge in [0, 0.05) is 43.8 Å². The molecule has 7 nitrogen and oxygen atoms in total. The molecule has 27 heavy (non-hydrogen) atoms. The average Bonchev–Trinajstić information content (AvgIpc) is 3.12. The van der Waals surface area contributed by atoms with Gasteiger partial charge in [-0.05, 0) is 38.8 Å². The number of aliphatic imine (C=N–C) groups is 1. The van der Waals surface area contributed by atoms with E-state index in [1.807, 2.05) is 38.1 Å². The van der Waals surface area contributed by atoms with Crippen LogP contribution in [0.4, 0.5) is 0 Å². The molecule has 1 aromatic carbocycles. The van der Waals surface area contributed by atoms with Crippen molar-refractivity contribution in [3.8, 4) is 0 Å². The zero-order valence-electron chi connectivity index (χ0n) is 16.4. The third-order valence-corrected chi connectivity index (χ3v) is 4.73. The molecule has 0 bridgehead atoms. The number of amides is 1. The Morgan fingerprint density at radius 3 is 2.78 bits per heavy atom. The maximum absolute atomic E-state index is 12.2. The molecule has 0 saturated carbocycles. The molecule has 4 N–H and O–H groups in total. The highest BCUT2D eigenvalue weighted by Crippen LogP contribution is 2.32. The molecule has 1 aliphatic rings. The lowest BCUT2D eigenvalue weighted by Crippen LogP contribution is -2.42. The van der Waals surface area contributed by atoms with Crippen LogP contribution in [0.15, 0.2) is 29.3 Å². The number of nitrogens with one attached hydrogen (secondary N) is 3. The van der Waals surface area contributed by atoms with E-state index < -0.39 is 0 Å². The lowest BCUT2D eigenvalue weighted by molar-refractivity contribution is 0.0954. The number of carbonyl (C=O) groups is 1. The number of guanidine groups is 1. The second kappa shape index (κ2) is 10.9. The molecule has 150 valence electrons. The molecule has 1 aromatic rings. The molecule has 0 radical (unpaired) electrons. The molecule has 0 aromatic heterocycles. The molecule has 0 spiro atoms. The Bertz CT molecular complexity index is 627. The van der Waals surface area contributed by atoms with Gasteiger partial charge in [-0.25, -0.2) is 0 Å². The molecule has 2 rings (SSSR count). The molecule has 1 heterocycles. The van der Waals surface area contributed by atoms with Gasteiger partial charge in [0.1, 0.15) is 0 Å². The fourth-order valence-electron chi connectivity index (χ4n) is 3.12. The Labute approximate surface area is 161 Å². The number of ether oxygens (including phenoxy) is 1. The fraction of sp³-hybridized carbons (Fsp3) is 0.600. The van der Waals surface area contributed by atoms with Gasteiger partial charge >= 0.3 is 0 Å². The van der Waals surface area contributed by atoms with E-state index in [9.17, 15) is 9.90 Å². The topological polar surface area (TPSA) is 95.0 Å². The van der Waals surface area contributed by atoms with Crippen LogP contribution in [-0.2, 0) is 4.74 Å². The molecule has 1 amide bonds. The number of nitrogens with zero attached hydrogens (tertiary/aromatic N) is 1. The predicted molar refractivity (Wildman–Crippen MR) is 107 cm³/mol. The highest BCUT2D eigenvalue weighted by Gasteiger charge is 2.34. The van der Waals surface area contributed by atoms with Crippen molar-refractivity contribution < 1.29 is 14.6 Å². The summed E-state index contributed by atoms with van der Waals surface area (Å²) in [7, 11) is 0. The van der Waals surface area contributed by atoms with Crippen LogP contribution in [0.5, 0.6) is 0 Å². The summed E-state index contributed by atoms with van der Waals surface area (Å²) >= 11 is 0. The zero-order chi connectivity index (χ0) is 19.5. The Kier molecular flexibility index (Phi) is 8.54. The van der Waals surface area contributed by atoms with Crippen LogP contribution in [0.3, 0.4) is 0 Å². The summed E-state index contributed by atoms with van der Waals surface area (Å²) in [4.78, 5) is 16.8. The van der Waals surface area contributed by atoms with Crippen molar-refractivity contribution in [2.75, 3.05) is 46.0 Å². The van der Waals surface area contributed by atoms with E-state index in [4.69, 9.17) is 4.74 Å². The minimum absolute atomic E-state index is 0.0729. The number of aryl methyl sites for hydroxylation is 1. The molecule has 0 aliphatic carbocycles. The van der Waals surface area contributed by atoms with Crippen molar-refractivity contribution in [3.63, 3.8) is 0 Å². The SMILES string of the molecule is CCNC(=NCC1(CCO)CCOC1)NCCNC(=O)c1cccc(C)c1. The number of hydrogen-bond donors (Lipinski definition) is 4. The monoisotopic (exact) mass is 376 g/mol. The highest BCUT2D eigenvalue weighted by molar-refractivity contribution is 5.94. The van der Waals surface area contributed by atoms with E-state index >= 15 is 0 Å². The largest absolute Gasteiger partial charge is 0.396 e. The molecular weight excluding hydrogens is 344 g/mol. The third kappa shape index (κ3) is 6.84. The Morgan fingerprint density at radius 1 is 1.30 bits per heavy atom. The highest BCUT2D eigenvalue weighted by atomic mass is 16.5. The summed E-state index contributed by atoms with van der Waals surface area (Å²) in [5.41, 5.74) is 1.66. The van der Waals surface area contributed by atoms with Crippen LogP contribution < -0.4 is 16.0 Å². The first kappa shape index (κ1) is 21.2. The predicted octanol–water partition coefficient (Wildman–Crippen LogP) is 1.07. The van der Waals surface area contributed by atoms with Gasteiger partial charge in [0.25, 0.3) is 5.91 Å². The van der Waals surface area contributed by atoms with Crippen molar-refractivity contribution in [3.05, 3.63) is 35.4 Å². The summed E-state index contributed by atoms with van der Waals surface area (Å²) in [5, 5.41) is 18.7. The van der Waals surface area contributed by atoms with Crippen LogP contribution in [0.2, 0.25) is 0 Å². The quantitative estimate of drug-likeness (QED) is 0.294. The second-order valence-electron chi connectivity index (χ2n) is 7.02. The zero-order valence-corrected chi connectivity index (χ0v) is 16.4. The van der Waals surface area contributed by atoms with Gasteiger partial charge in [0.15, 0.2) is 5.96 Å². The number of hydrogen-bond acceptors (Lipinski definition) is 4. The van der Waals surface area contributed by atoms with Crippen molar-refractivity contribution in [1.82, 2.24) is 16.0 Å². The van der Waals surface area contributed by atoms with Gasteiger partial charge in [0.05, 0.1) is 13.2 Å². The molecule has 1 atom stereocenters. The second-order valence-corrected chi connectivity index (χ2v) is 7.02. The van der Waals surface area contributed by atoms with E-state index in [0.717, 1.165) is 25.1 Å². The number of aliphatic hydroxyl groups is 1. The van der Waals surface area contributed by atoms with Crippen LogP contribution in [-0.4, -0.2) is 63.0 Å². The van der Waals surface area contributed by atoms with E-state index in [1.54, 1.807) is 0 Å². The molecule has 7 heteroatoms.